The van der Waals surface area contributed by atoms with E-state index >= 15 is 0 Å². The molecule has 1 fully saturated rings. The molecule has 1 heterocycles. The van der Waals surface area contributed by atoms with Crippen LogP contribution in [0, 0.1) is 13.8 Å². The summed E-state index contributed by atoms with van der Waals surface area (Å²) in [6.45, 7) is 3.77. The van der Waals surface area contributed by atoms with E-state index in [0.717, 1.165) is 11.1 Å². The lowest BCUT2D eigenvalue weighted by atomic mass is 10.2. The second-order valence-corrected chi connectivity index (χ2v) is 7.22. The van der Waals surface area contributed by atoms with E-state index in [1.54, 1.807) is 26.2 Å². The van der Waals surface area contributed by atoms with Gasteiger partial charge in [-0.1, -0.05) is 36.4 Å². The van der Waals surface area contributed by atoms with Crippen molar-refractivity contribution >= 4 is 29.5 Å². The van der Waals surface area contributed by atoms with Crippen LogP contribution in [0.2, 0.25) is 0 Å². The summed E-state index contributed by atoms with van der Waals surface area (Å²) in [5.41, 5.74) is 3.15. The molecule has 2 aromatic rings. The fraction of sp³-hybridized carbons (Fsp3) is 0.286. The normalized spacial score (nSPS) is 18.2. The van der Waals surface area contributed by atoms with E-state index in [0.29, 0.717) is 11.4 Å². The van der Waals surface area contributed by atoms with Crippen molar-refractivity contribution in [1.29, 1.82) is 0 Å². The van der Waals surface area contributed by atoms with Crippen LogP contribution >= 0.6 is 0 Å². The van der Waals surface area contributed by atoms with E-state index < -0.39 is 24.4 Å². The summed E-state index contributed by atoms with van der Waals surface area (Å²) in [5, 5.41) is 11.1. The molecule has 4 N–H and O–H groups in total. The van der Waals surface area contributed by atoms with Crippen LogP contribution in [0.25, 0.3) is 0 Å². The highest BCUT2D eigenvalue weighted by Gasteiger charge is 2.43. The number of hydrogen-bond acceptors (Lipinski definition) is 3. The van der Waals surface area contributed by atoms with Crippen molar-refractivity contribution in [3.8, 4) is 0 Å². The van der Waals surface area contributed by atoms with E-state index in [9.17, 15) is 14.4 Å². The number of nitrogens with one attached hydrogen (secondary N) is 4. The molecule has 0 bridgehead atoms. The largest absolute Gasteiger partial charge is 0.323 e. The Labute approximate surface area is 175 Å². The first kappa shape index (κ1) is 21.0. The predicted molar refractivity (Wildman–Crippen MR) is 115 cm³/mol. The number of aryl methyl sites for hydroxylation is 2. The molecular weight excluding hydrogens is 384 g/mol. The van der Waals surface area contributed by atoms with Gasteiger partial charge in [0.2, 0.25) is 0 Å². The zero-order chi connectivity index (χ0) is 21.8. The maximum absolute atomic E-state index is 12.5. The zero-order valence-corrected chi connectivity index (χ0v) is 17.4. The number of carbonyl (C=O) groups is 3. The van der Waals surface area contributed by atoms with Crippen LogP contribution in [0.3, 0.4) is 0 Å². The third kappa shape index (κ3) is 4.45. The number of para-hydroxylation sites is 2. The maximum atomic E-state index is 12.5. The molecule has 0 aliphatic carbocycles. The minimum atomic E-state index is -0.755. The summed E-state index contributed by atoms with van der Waals surface area (Å²) >= 11 is 0. The fourth-order valence-electron chi connectivity index (χ4n) is 3.27. The average Bonchev–Trinajstić information content (AvgIpc) is 2.90. The number of urea groups is 3. The Morgan fingerprint density at radius 2 is 1.10 bits per heavy atom. The lowest BCUT2D eigenvalue weighted by Crippen LogP contribution is -2.57. The first-order valence-corrected chi connectivity index (χ1v) is 9.54. The molecule has 1 saturated heterocycles. The second kappa shape index (κ2) is 8.73. The van der Waals surface area contributed by atoms with Crippen LogP contribution in [-0.2, 0) is 0 Å². The first-order valence-electron chi connectivity index (χ1n) is 9.54. The van der Waals surface area contributed by atoms with Crippen LogP contribution in [0.5, 0.6) is 0 Å². The van der Waals surface area contributed by atoms with Gasteiger partial charge in [-0.3, -0.25) is 0 Å². The van der Waals surface area contributed by atoms with Crippen LogP contribution < -0.4 is 21.3 Å². The van der Waals surface area contributed by atoms with Gasteiger partial charge in [0.05, 0.1) is 0 Å². The molecule has 1 aliphatic heterocycles. The SMILES string of the molecule is Cc1ccccc1NC(=O)N[C@H]1[C@H](NC(=O)Nc2ccccc2C)N(C)C(=O)N1C. The summed E-state index contributed by atoms with van der Waals surface area (Å²) in [4.78, 5) is 40.2. The van der Waals surface area contributed by atoms with Gasteiger partial charge in [-0.2, -0.15) is 0 Å². The number of likely N-dealkylation sites (N-methyl/N-ethyl adjacent to an activating group) is 2. The minimum absolute atomic E-state index is 0.322. The summed E-state index contributed by atoms with van der Waals surface area (Å²) in [6, 6.07) is 13.5. The van der Waals surface area contributed by atoms with Gasteiger partial charge in [0.15, 0.2) is 0 Å². The van der Waals surface area contributed by atoms with Gasteiger partial charge in [-0.05, 0) is 37.1 Å². The van der Waals surface area contributed by atoms with Gasteiger partial charge in [0, 0.05) is 25.5 Å². The van der Waals surface area contributed by atoms with E-state index in [1.807, 2.05) is 50.2 Å². The van der Waals surface area contributed by atoms with Crippen LogP contribution in [0.15, 0.2) is 48.5 Å². The lowest BCUT2D eigenvalue weighted by molar-refractivity contribution is 0.197. The molecule has 9 heteroatoms. The molecule has 0 spiro atoms. The van der Waals surface area contributed by atoms with Gasteiger partial charge in [0.25, 0.3) is 0 Å². The highest BCUT2D eigenvalue weighted by atomic mass is 16.2. The lowest BCUT2D eigenvalue weighted by Gasteiger charge is -2.27. The monoisotopic (exact) mass is 410 g/mol. The molecule has 0 aromatic heterocycles. The molecule has 1 aliphatic rings. The number of anilines is 2. The Bertz CT molecular complexity index is 888. The summed E-state index contributed by atoms with van der Waals surface area (Å²) in [6.07, 6.45) is -1.51. The van der Waals surface area contributed by atoms with Gasteiger partial charge < -0.3 is 31.1 Å². The standard InChI is InChI=1S/C21H26N6O3/c1-13-9-5-7-11-15(13)22-19(28)24-17-18(27(4)21(30)26(17)3)25-20(29)23-16-12-8-6-10-14(16)2/h5-12,17-18H,1-4H3,(H2,22,24,28)(H2,23,25,29)/t17-,18-/m1/s1. The van der Waals surface area contributed by atoms with Gasteiger partial charge in [-0.15, -0.1) is 0 Å². The van der Waals surface area contributed by atoms with Crippen molar-refractivity contribution in [1.82, 2.24) is 20.4 Å². The number of hydrogen-bond donors (Lipinski definition) is 4. The van der Waals surface area contributed by atoms with Crippen molar-refractivity contribution in [2.45, 2.75) is 26.2 Å². The summed E-state index contributed by atoms with van der Waals surface area (Å²) < 4.78 is 0. The van der Waals surface area contributed by atoms with Gasteiger partial charge in [-0.25, -0.2) is 14.4 Å². The number of benzene rings is 2. The summed E-state index contributed by atoms with van der Waals surface area (Å²) in [7, 11) is 3.14. The molecular formula is C21H26N6O3. The van der Waals surface area contributed by atoms with E-state index in [2.05, 4.69) is 21.3 Å². The highest BCUT2D eigenvalue weighted by molar-refractivity contribution is 5.92. The molecule has 2 aromatic carbocycles. The van der Waals surface area contributed by atoms with Crippen LogP contribution in [0.1, 0.15) is 11.1 Å². The smallest absolute Gasteiger partial charge is 0.314 e. The molecule has 0 saturated carbocycles. The number of rotatable bonds is 4. The second-order valence-electron chi connectivity index (χ2n) is 7.22. The number of amides is 6. The maximum Gasteiger partial charge on any atom is 0.323 e. The molecule has 158 valence electrons. The fourth-order valence-corrected chi connectivity index (χ4v) is 3.27. The minimum Gasteiger partial charge on any atom is -0.314 e. The third-order valence-corrected chi connectivity index (χ3v) is 5.08. The zero-order valence-electron chi connectivity index (χ0n) is 17.4. The average molecular weight is 410 g/mol. The van der Waals surface area contributed by atoms with E-state index in [1.165, 1.54) is 9.80 Å². The Morgan fingerprint density at radius 3 is 1.47 bits per heavy atom. The molecule has 0 unspecified atom stereocenters. The van der Waals surface area contributed by atoms with Crippen LogP contribution in [-0.4, -0.2) is 54.3 Å². The van der Waals surface area contributed by atoms with Gasteiger partial charge in [0.1, 0.15) is 12.3 Å². The molecule has 6 amide bonds. The molecule has 9 nitrogen and oxygen atoms in total. The molecule has 3 rings (SSSR count). The first-order chi connectivity index (χ1) is 14.3. The van der Waals surface area contributed by atoms with Gasteiger partial charge >= 0.3 is 18.1 Å². The Balaban J connectivity index is 1.69. The van der Waals surface area contributed by atoms with Crippen molar-refractivity contribution in [3.05, 3.63) is 59.7 Å². The number of carbonyl (C=O) groups excluding carboxylic acids is 3. The van der Waals surface area contributed by atoms with Crippen molar-refractivity contribution < 1.29 is 14.4 Å². The van der Waals surface area contributed by atoms with Crippen molar-refractivity contribution in [2.75, 3.05) is 24.7 Å². The van der Waals surface area contributed by atoms with Crippen LogP contribution in [0.4, 0.5) is 25.8 Å². The summed E-state index contributed by atoms with van der Waals surface area (Å²) in [5.74, 6) is 0. The van der Waals surface area contributed by atoms with Crippen molar-refractivity contribution in [3.63, 3.8) is 0 Å². The Hall–Kier alpha value is -3.75. The van der Waals surface area contributed by atoms with E-state index in [-0.39, 0.29) is 6.03 Å². The van der Waals surface area contributed by atoms with E-state index in [4.69, 9.17) is 0 Å². The highest BCUT2D eigenvalue weighted by Crippen LogP contribution is 2.18. The quantitative estimate of drug-likeness (QED) is 0.623. The van der Waals surface area contributed by atoms with Crippen molar-refractivity contribution in [2.24, 2.45) is 0 Å². The Morgan fingerprint density at radius 1 is 0.733 bits per heavy atom. The molecule has 2 atom stereocenters. The third-order valence-electron chi connectivity index (χ3n) is 5.08. The number of nitrogens with zero attached hydrogens (tertiary/aromatic N) is 2. The topological polar surface area (TPSA) is 106 Å². The Kier molecular flexibility index (Phi) is 6.10. The predicted octanol–water partition coefficient (Wildman–Crippen LogP) is 2.90. The molecule has 30 heavy (non-hydrogen) atoms. The molecule has 0 radical (unpaired) electrons.